The molecule has 0 heterocycles. The molecule has 0 radical (unpaired) electrons. The van der Waals surface area contributed by atoms with E-state index in [9.17, 15) is 24.3 Å². The maximum Gasteiger partial charge on any atom is 0.404 e. The molecule has 36 heavy (non-hydrogen) atoms. The first-order valence-electron chi connectivity index (χ1n) is 12.8. The highest BCUT2D eigenvalue weighted by atomic mass is 16.5. The van der Waals surface area contributed by atoms with Gasteiger partial charge in [-0.25, -0.2) is 9.59 Å². The molecule has 0 aliphatic heterocycles. The molecule has 3 amide bonds. The van der Waals surface area contributed by atoms with E-state index in [1.807, 2.05) is 13.8 Å². The molecular weight excluding hydrogens is 470 g/mol. The number of carbonyl (C=O) groups excluding carboxylic acids is 2. The molecular formula is C25H47N3O8. The topological polar surface area (TPSA) is 163 Å². The van der Waals surface area contributed by atoms with Crippen LogP contribution in [0.25, 0.3) is 0 Å². The zero-order chi connectivity index (χ0) is 27.6. The van der Waals surface area contributed by atoms with E-state index in [1.165, 1.54) is 0 Å². The van der Waals surface area contributed by atoms with E-state index in [2.05, 4.69) is 22.9 Å². The van der Waals surface area contributed by atoms with Crippen molar-refractivity contribution in [2.45, 2.75) is 97.6 Å². The smallest absolute Gasteiger partial charge is 0.404 e. The van der Waals surface area contributed by atoms with Crippen molar-refractivity contribution in [1.29, 1.82) is 0 Å². The lowest BCUT2D eigenvalue weighted by Gasteiger charge is -2.27. The van der Waals surface area contributed by atoms with Crippen molar-refractivity contribution < 1.29 is 38.9 Å². The number of rotatable bonds is 21. The van der Waals surface area contributed by atoms with Crippen LogP contribution in [0, 0.1) is 5.41 Å². The van der Waals surface area contributed by atoms with Crippen molar-refractivity contribution in [1.82, 2.24) is 16.0 Å². The second-order valence-electron chi connectivity index (χ2n) is 10.2. The molecule has 1 atom stereocenters. The Morgan fingerprint density at radius 1 is 0.861 bits per heavy atom. The molecule has 0 rings (SSSR count). The first-order valence-corrected chi connectivity index (χ1v) is 12.8. The number of carboxylic acid groups (broad SMARTS) is 2. The maximum absolute atomic E-state index is 12.5. The zero-order valence-corrected chi connectivity index (χ0v) is 22.6. The average Bonchev–Trinajstić information content (AvgIpc) is 2.76. The average molecular weight is 518 g/mol. The van der Waals surface area contributed by atoms with E-state index >= 15 is 0 Å². The summed E-state index contributed by atoms with van der Waals surface area (Å²) in [5, 5.41) is 25.9. The predicted molar refractivity (Wildman–Crippen MR) is 136 cm³/mol. The molecule has 0 aromatic carbocycles. The molecule has 0 aliphatic rings. The highest BCUT2D eigenvalue weighted by Crippen LogP contribution is 2.21. The van der Waals surface area contributed by atoms with Gasteiger partial charge in [0.05, 0.1) is 19.8 Å². The highest BCUT2D eigenvalue weighted by Gasteiger charge is 2.31. The minimum atomic E-state index is -1.18. The summed E-state index contributed by atoms with van der Waals surface area (Å²) in [6, 6.07) is -1.04. The van der Waals surface area contributed by atoms with Crippen LogP contribution >= 0.6 is 0 Å². The fourth-order valence-corrected chi connectivity index (χ4v) is 3.36. The summed E-state index contributed by atoms with van der Waals surface area (Å²) >= 11 is 0. The van der Waals surface area contributed by atoms with Crippen molar-refractivity contribution in [3.8, 4) is 0 Å². The Labute approximate surface area is 215 Å². The number of carboxylic acids is 1. The number of nitrogens with one attached hydrogen (secondary N) is 3. The van der Waals surface area contributed by atoms with Crippen LogP contribution in [-0.4, -0.2) is 78.6 Å². The number of hydrogen-bond donors (Lipinski definition) is 5. The summed E-state index contributed by atoms with van der Waals surface area (Å²) in [6.45, 7) is 11.3. The monoisotopic (exact) mass is 517 g/mol. The van der Waals surface area contributed by atoms with Crippen LogP contribution in [0.15, 0.2) is 0 Å². The second-order valence-corrected chi connectivity index (χ2v) is 10.2. The molecule has 0 saturated carbocycles. The van der Waals surface area contributed by atoms with Gasteiger partial charge in [0.15, 0.2) is 0 Å². The Hall–Kier alpha value is -2.40. The van der Waals surface area contributed by atoms with Gasteiger partial charge in [-0.1, -0.05) is 40.0 Å². The van der Waals surface area contributed by atoms with Crippen LogP contribution < -0.4 is 16.0 Å². The van der Waals surface area contributed by atoms with Gasteiger partial charge in [0.1, 0.15) is 6.04 Å². The molecule has 0 spiro atoms. The number of hydrogen-bond acceptors (Lipinski definition) is 6. The van der Waals surface area contributed by atoms with Crippen LogP contribution in [0.2, 0.25) is 0 Å². The van der Waals surface area contributed by atoms with Crippen LogP contribution in [0.5, 0.6) is 0 Å². The first kappa shape index (κ1) is 33.6. The van der Waals surface area contributed by atoms with Gasteiger partial charge in [0.25, 0.3) is 0 Å². The minimum Gasteiger partial charge on any atom is -0.480 e. The summed E-state index contributed by atoms with van der Waals surface area (Å²) in [7, 11) is 0. The van der Waals surface area contributed by atoms with Crippen molar-refractivity contribution in [3.05, 3.63) is 0 Å². The summed E-state index contributed by atoms with van der Waals surface area (Å²) in [4.78, 5) is 47.0. The van der Waals surface area contributed by atoms with Gasteiger partial charge in [-0.05, 0) is 39.5 Å². The fraction of sp³-hybridized carbons (Fsp3) is 0.840. The SMILES string of the molecule is CCCCOCCOCCC(=O)NC(C)(C)CCCCC(NC(=O)C(C)(C)CCNC(=O)O)C(=O)O. The van der Waals surface area contributed by atoms with Gasteiger partial charge in [-0.2, -0.15) is 0 Å². The van der Waals surface area contributed by atoms with Gasteiger partial charge in [-0.3, -0.25) is 9.59 Å². The molecule has 0 saturated heterocycles. The van der Waals surface area contributed by atoms with E-state index < -0.39 is 35.0 Å². The van der Waals surface area contributed by atoms with Crippen LogP contribution in [0.3, 0.4) is 0 Å². The number of unbranched alkanes of at least 4 members (excludes halogenated alkanes) is 2. The van der Waals surface area contributed by atoms with Gasteiger partial charge in [0, 0.05) is 30.5 Å². The normalized spacial score (nSPS) is 12.6. The third kappa shape index (κ3) is 17.1. The van der Waals surface area contributed by atoms with Crippen LogP contribution in [0.1, 0.15) is 86.0 Å². The van der Waals surface area contributed by atoms with Gasteiger partial charge >= 0.3 is 12.1 Å². The van der Waals surface area contributed by atoms with Crippen LogP contribution in [-0.2, 0) is 23.9 Å². The van der Waals surface area contributed by atoms with Gasteiger partial charge in [0.2, 0.25) is 11.8 Å². The highest BCUT2D eigenvalue weighted by molar-refractivity contribution is 5.87. The van der Waals surface area contributed by atoms with E-state index in [-0.39, 0.29) is 31.7 Å². The first-order chi connectivity index (χ1) is 16.8. The third-order valence-electron chi connectivity index (χ3n) is 5.75. The molecule has 0 aromatic heterocycles. The lowest BCUT2D eigenvalue weighted by Crippen LogP contribution is -2.47. The largest absolute Gasteiger partial charge is 0.480 e. The number of ether oxygens (including phenoxy) is 2. The molecule has 0 bridgehead atoms. The van der Waals surface area contributed by atoms with Crippen LogP contribution in [0.4, 0.5) is 4.79 Å². The predicted octanol–water partition coefficient (Wildman–Crippen LogP) is 2.92. The number of amides is 3. The Balaban J connectivity index is 4.29. The Bertz CT molecular complexity index is 682. The Morgan fingerprint density at radius 2 is 1.50 bits per heavy atom. The second kappa shape index (κ2) is 17.9. The maximum atomic E-state index is 12.5. The van der Waals surface area contributed by atoms with Crippen molar-refractivity contribution in [2.75, 3.05) is 33.0 Å². The van der Waals surface area contributed by atoms with E-state index in [0.717, 1.165) is 19.4 Å². The molecule has 11 nitrogen and oxygen atoms in total. The molecule has 11 heteroatoms. The van der Waals surface area contributed by atoms with E-state index in [1.54, 1.807) is 13.8 Å². The standard InChI is InChI=1S/C25H47N3O8/c1-6-7-15-35-17-18-36-16-11-20(29)28-25(4,5)12-9-8-10-19(21(30)31)27-22(32)24(2,3)13-14-26-23(33)34/h19,26H,6-18H2,1-5H3,(H,27,32)(H,28,29)(H,30,31)(H,33,34). The molecule has 5 N–H and O–H groups in total. The molecule has 0 fully saturated rings. The van der Waals surface area contributed by atoms with E-state index in [4.69, 9.17) is 14.6 Å². The number of carbonyl (C=O) groups is 4. The summed E-state index contributed by atoms with van der Waals surface area (Å²) in [5.41, 5.74) is -1.38. The number of aliphatic carboxylic acids is 1. The minimum absolute atomic E-state index is 0.0912. The van der Waals surface area contributed by atoms with E-state index in [0.29, 0.717) is 39.1 Å². The molecule has 0 aromatic rings. The summed E-state index contributed by atoms with van der Waals surface area (Å²) < 4.78 is 10.8. The summed E-state index contributed by atoms with van der Waals surface area (Å²) in [5.74, 6) is -1.67. The zero-order valence-electron chi connectivity index (χ0n) is 22.6. The molecule has 0 aliphatic carbocycles. The lowest BCUT2D eigenvalue weighted by atomic mass is 9.87. The quantitative estimate of drug-likeness (QED) is 0.145. The van der Waals surface area contributed by atoms with Crippen molar-refractivity contribution in [2.24, 2.45) is 5.41 Å². The van der Waals surface area contributed by atoms with Gasteiger partial charge < -0.3 is 35.6 Å². The third-order valence-corrected chi connectivity index (χ3v) is 5.75. The summed E-state index contributed by atoms with van der Waals surface area (Å²) in [6.07, 6.45) is 3.55. The Morgan fingerprint density at radius 3 is 2.08 bits per heavy atom. The Kier molecular flexibility index (Phi) is 16.7. The molecule has 1 unspecified atom stereocenters. The molecule has 210 valence electrons. The fourth-order valence-electron chi connectivity index (χ4n) is 3.36. The van der Waals surface area contributed by atoms with Gasteiger partial charge in [-0.15, -0.1) is 0 Å². The van der Waals surface area contributed by atoms with Crippen molar-refractivity contribution >= 4 is 23.9 Å². The lowest BCUT2D eigenvalue weighted by molar-refractivity contribution is -0.143. The van der Waals surface area contributed by atoms with Crippen molar-refractivity contribution in [3.63, 3.8) is 0 Å².